The van der Waals surface area contributed by atoms with Gasteiger partial charge in [0.2, 0.25) is 0 Å². The van der Waals surface area contributed by atoms with Crippen molar-refractivity contribution in [1.29, 1.82) is 0 Å². The summed E-state index contributed by atoms with van der Waals surface area (Å²) >= 11 is 0. The normalized spacial score (nSPS) is 15.5. The van der Waals surface area contributed by atoms with E-state index in [0.717, 1.165) is 12.8 Å². The van der Waals surface area contributed by atoms with Crippen LogP contribution in [0.25, 0.3) is 27.5 Å². The highest BCUT2D eigenvalue weighted by Crippen LogP contribution is 2.52. The Morgan fingerprint density at radius 3 is 1.91 bits per heavy atom. The van der Waals surface area contributed by atoms with Gasteiger partial charge in [0.25, 0.3) is 6.71 Å². The molecule has 1 aromatic heterocycles. The second kappa shape index (κ2) is 12.5. The maximum Gasteiger partial charge on any atom is 0.252 e. The summed E-state index contributed by atoms with van der Waals surface area (Å²) in [6.45, 7) is 21.4. The van der Waals surface area contributed by atoms with E-state index in [-0.39, 0.29) is 17.5 Å². The van der Waals surface area contributed by atoms with Gasteiger partial charge in [0.05, 0.1) is 5.52 Å². The van der Waals surface area contributed by atoms with Gasteiger partial charge in [-0.1, -0.05) is 114 Å². The summed E-state index contributed by atoms with van der Waals surface area (Å²) in [6, 6.07) is 39.2. The van der Waals surface area contributed by atoms with Crippen LogP contribution < -0.4 is 21.3 Å². The molecule has 0 radical (unpaired) electrons. The van der Waals surface area contributed by atoms with Crippen molar-refractivity contribution in [3.63, 3.8) is 0 Å². The predicted octanol–water partition coefficient (Wildman–Crippen LogP) is 12.0. The summed E-state index contributed by atoms with van der Waals surface area (Å²) in [5, 5.41) is 2.77. The van der Waals surface area contributed by atoms with Crippen molar-refractivity contribution in [3.05, 3.63) is 147 Å². The average Bonchev–Trinajstić information content (AvgIpc) is 3.50. The van der Waals surface area contributed by atoms with E-state index in [1.165, 1.54) is 137 Å². The predicted molar refractivity (Wildman–Crippen MR) is 242 cm³/mol. The molecule has 2 nitrogen and oxygen atoms in total. The molecule has 6 aromatic carbocycles. The second-order valence-electron chi connectivity index (χ2n) is 18.6. The molecule has 0 amide bonds. The van der Waals surface area contributed by atoms with E-state index in [9.17, 15) is 0 Å². The molecule has 3 aliphatic rings. The van der Waals surface area contributed by atoms with Crippen molar-refractivity contribution in [2.75, 3.05) is 4.90 Å². The van der Waals surface area contributed by atoms with E-state index in [1.54, 1.807) is 0 Å². The van der Waals surface area contributed by atoms with Gasteiger partial charge in [-0.05, 0) is 150 Å². The maximum atomic E-state index is 2.66. The molecular formula is C53H55BN2. The van der Waals surface area contributed by atoms with Crippen molar-refractivity contribution in [2.45, 2.75) is 112 Å². The van der Waals surface area contributed by atoms with E-state index in [0.29, 0.717) is 0 Å². The Bertz CT molecular complexity index is 2760. The molecule has 0 spiro atoms. The van der Waals surface area contributed by atoms with Crippen LogP contribution in [0.5, 0.6) is 0 Å². The van der Waals surface area contributed by atoms with Crippen LogP contribution in [0.1, 0.15) is 117 Å². The Labute approximate surface area is 334 Å². The SMILES string of the molecule is CCCCc1ccc(N2c3cc4c(cc3B3c5c2cc(C)cc5-n2c5ccc(CCCC)cc5c5cc(C)cc3c52)C(C)(C)c2cc(C)ccc2C4(C)C)cc1. The van der Waals surface area contributed by atoms with E-state index in [2.05, 4.69) is 169 Å². The van der Waals surface area contributed by atoms with Gasteiger partial charge in [-0.25, -0.2) is 0 Å². The van der Waals surface area contributed by atoms with Gasteiger partial charge < -0.3 is 9.47 Å². The number of hydrogen-bond donors (Lipinski definition) is 0. The molecule has 0 unspecified atom stereocenters. The fourth-order valence-corrected chi connectivity index (χ4v) is 11.0. The highest BCUT2D eigenvalue weighted by molar-refractivity contribution is 7.00. The van der Waals surface area contributed by atoms with Gasteiger partial charge in [-0.3, -0.25) is 0 Å². The number of nitrogens with zero attached hydrogens (tertiary/aromatic N) is 2. The van der Waals surface area contributed by atoms with E-state index < -0.39 is 0 Å². The first-order chi connectivity index (χ1) is 26.9. The third kappa shape index (κ3) is 4.95. The summed E-state index contributed by atoms with van der Waals surface area (Å²) < 4.78 is 2.63. The first kappa shape index (κ1) is 35.4. The molecule has 56 heavy (non-hydrogen) atoms. The minimum absolute atomic E-state index is 0.109. The largest absolute Gasteiger partial charge is 0.311 e. The van der Waals surface area contributed by atoms with Gasteiger partial charge in [0.15, 0.2) is 0 Å². The highest BCUT2D eigenvalue weighted by Gasteiger charge is 2.47. The van der Waals surface area contributed by atoms with Gasteiger partial charge in [-0.2, -0.15) is 0 Å². The molecule has 3 heteroatoms. The lowest BCUT2D eigenvalue weighted by molar-refractivity contribution is 0.520. The molecule has 0 atom stereocenters. The van der Waals surface area contributed by atoms with E-state index in [1.807, 2.05) is 0 Å². The van der Waals surface area contributed by atoms with Crippen LogP contribution in [0.2, 0.25) is 0 Å². The van der Waals surface area contributed by atoms with Crippen LogP contribution in [0.15, 0.2) is 97.1 Å². The zero-order valence-corrected chi connectivity index (χ0v) is 35.0. The van der Waals surface area contributed by atoms with Crippen molar-refractivity contribution in [1.82, 2.24) is 4.57 Å². The average molecular weight is 731 g/mol. The van der Waals surface area contributed by atoms with Crippen molar-refractivity contribution in [2.24, 2.45) is 0 Å². The van der Waals surface area contributed by atoms with Crippen LogP contribution in [-0.4, -0.2) is 11.3 Å². The summed E-state index contributed by atoms with van der Waals surface area (Å²) in [7, 11) is 0. The molecule has 0 saturated carbocycles. The Morgan fingerprint density at radius 2 is 1.16 bits per heavy atom. The van der Waals surface area contributed by atoms with Crippen LogP contribution in [0.4, 0.5) is 17.1 Å². The third-order valence-electron chi connectivity index (χ3n) is 13.9. The highest BCUT2D eigenvalue weighted by atomic mass is 15.2. The summed E-state index contributed by atoms with van der Waals surface area (Å²) in [4.78, 5) is 2.63. The number of unbranched alkanes of at least 4 members (excludes halogenated alkanes) is 2. The molecule has 0 saturated heterocycles. The van der Waals surface area contributed by atoms with Crippen LogP contribution in [0, 0.1) is 20.8 Å². The fraction of sp³-hybridized carbons (Fsp3) is 0.321. The lowest BCUT2D eigenvalue weighted by Gasteiger charge is -2.47. The first-order valence-electron chi connectivity index (χ1n) is 21.3. The summed E-state index contributed by atoms with van der Waals surface area (Å²) in [5.74, 6) is 0. The van der Waals surface area contributed by atoms with Gasteiger partial charge in [-0.15, -0.1) is 0 Å². The van der Waals surface area contributed by atoms with Gasteiger partial charge in [0, 0.05) is 49.9 Å². The standard InChI is InChI=1S/C53H55BN2/c1-10-12-14-35-17-20-37(21-18-35)55-47-31-43-42(53(8,9)41-25-32(3)16-22-40(41)52(43,6)7)30-44(47)54-45-26-33(4)24-39-38-29-36(15-13-11-2)19-23-46(38)56(51(39)45)49-28-34(5)27-48(55)50(49)54/h16-31H,10-15H2,1-9H3. The molecular weight excluding hydrogens is 675 g/mol. The monoisotopic (exact) mass is 730 g/mol. The van der Waals surface area contributed by atoms with Crippen LogP contribution in [0.3, 0.4) is 0 Å². The molecule has 3 heterocycles. The van der Waals surface area contributed by atoms with Crippen molar-refractivity contribution >= 4 is 62.0 Å². The minimum atomic E-state index is -0.151. The number of benzene rings is 6. The lowest BCUT2D eigenvalue weighted by Crippen LogP contribution is -2.61. The quantitative estimate of drug-likeness (QED) is 0.148. The van der Waals surface area contributed by atoms with Crippen molar-refractivity contribution in [3.8, 4) is 5.69 Å². The van der Waals surface area contributed by atoms with Gasteiger partial charge in [0.1, 0.15) is 0 Å². The molecule has 1 aliphatic carbocycles. The Balaban J connectivity index is 1.32. The smallest absolute Gasteiger partial charge is 0.252 e. The summed E-state index contributed by atoms with van der Waals surface area (Å²) in [6.07, 6.45) is 7.10. The topological polar surface area (TPSA) is 8.17 Å². The number of anilines is 3. The van der Waals surface area contributed by atoms with Crippen LogP contribution >= 0.6 is 0 Å². The first-order valence-corrected chi connectivity index (χ1v) is 21.3. The molecule has 7 aromatic rings. The lowest BCUT2D eigenvalue weighted by atomic mass is 9.33. The summed E-state index contributed by atoms with van der Waals surface area (Å²) in [5.41, 5.74) is 24.5. The maximum absolute atomic E-state index is 2.66. The third-order valence-corrected chi connectivity index (χ3v) is 13.9. The molecule has 0 N–H and O–H groups in total. The Morgan fingerprint density at radius 1 is 0.518 bits per heavy atom. The molecule has 0 bridgehead atoms. The van der Waals surface area contributed by atoms with E-state index in [4.69, 9.17) is 0 Å². The zero-order valence-electron chi connectivity index (χ0n) is 35.0. The van der Waals surface area contributed by atoms with Crippen LogP contribution in [-0.2, 0) is 23.7 Å². The molecule has 280 valence electrons. The minimum Gasteiger partial charge on any atom is -0.311 e. The fourth-order valence-electron chi connectivity index (χ4n) is 11.0. The number of aromatic nitrogens is 1. The number of rotatable bonds is 7. The zero-order chi connectivity index (χ0) is 38.8. The molecule has 0 fully saturated rings. The second-order valence-corrected chi connectivity index (χ2v) is 18.6. The molecule has 10 rings (SSSR count). The van der Waals surface area contributed by atoms with Gasteiger partial charge >= 0.3 is 0 Å². The number of fused-ring (bicyclic) bond motifs is 9. The van der Waals surface area contributed by atoms with E-state index >= 15 is 0 Å². The number of hydrogen-bond acceptors (Lipinski definition) is 1. The Hall–Kier alpha value is -5.02. The molecule has 2 aliphatic heterocycles. The Kier molecular flexibility index (Phi) is 7.90. The van der Waals surface area contributed by atoms with Crippen molar-refractivity contribution < 1.29 is 0 Å². The number of aryl methyl sites for hydroxylation is 5.